The topological polar surface area (TPSA) is 94.4 Å². The number of rotatable bonds is 5. The zero-order valence-corrected chi connectivity index (χ0v) is 18.1. The second-order valence-corrected chi connectivity index (χ2v) is 7.63. The number of benzene rings is 3. The van der Waals surface area contributed by atoms with Crippen LogP contribution in [0.25, 0.3) is 22.2 Å². The lowest BCUT2D eigenvalue weighted by atomic mass is 10.0. The number of carbonyl (C=O) groups is 1. The van der Waals surface area contributed by atoms with Gasteiger partial charge in [0.2, 0.25) is 0 Å². The lowest BCUT2D eigenvalue weighted by Gasteiger charge is -2.12. The first kappa shape index (κ1) is 21.5. The van der Waals surface area contributed by atoms with E-state index in [4.69, 9.17) is 27.9 Å². The molecule has 4 aromatic rings. The first-order chi connectivity index (χ1) is 15.4. The van der Waals surface area contributed by atoms with E-state index in [1.807, 2.05) is 0 Å². The Kier molecular flexibility index (Phi) is 5.94. The number of hydrogen-bond donors (Lipinski definition) is 1. The van der Waals surface area contributed by atoms with Crippen LogP contribution in [-0.2, 0) is 0 Å². The van der Waals surface area contributed by atoms with Crippen molar-refractivity contribution in [3.63, 3.8) is 0 Å². The second-order valence-electron chi connectivity index (χ2n) is 6.79. The number of pyridine rings is 1. The first-order valence-electron chi connectivity index (χ1n) is 9.36. The largest absolute Gasteiger partial charge is 0.496 e. The quantitative estimate of drug-likeness (QED) is 0.271. The number of aromatic nitrogens is 1. The summed E-state index contributed by atoms with van der Waals surface area (Å²) in [4.78, 5) is 28.8. The van der Waals surface area contributed by atoms with Gasteiger partial charge in [0.25, 0.3) is 11.6 Å². The maximum Gasteiger partial charge on any atom is 0.296 e. The van der Waals surface area contributed by atoms with E-state index in [0.717, 1.165) is 0 Å². The molecular weight excluding hydrogens is 453 g/mol. The summed E-state index contributed by atoms with van der Waals surface area (Å²) < 4.78 is 5.04. The molecular formula is C23H15Cl2N3O4. The van der Waals surface area contributed by atoms with Crippen molar-refractivity contribution in [2.24, 2.45) is 0 Å². The third kappa shape index (κ3) is 4.21. The van der Waals surface area contributed by atoms with E-state index >= 15 is 0 Å². The molecule has 0 radical (unpaired) electrons. The number of amides is 1. The minimum absolute atomic E-state index is 0.0489. The number of methoxy groups -OCH3 is 1. The lowest BCUT2D eigenvalue weighted by molar-refractivity contribution is -0.384. The number of para-hydroxylation sites is 1. The minimum Gasteiger partial charge on any atom is -0.496 e. The van der Waals surface area contributed by atoms with Gasteiger partial charge in [0.15, 0.2) is 0 Å². The Morgan fingerprint density at radius 3 is 2.56 bits per heavy atom. The maximum atomic E-state index is 13.2. The number of carbonyl (C=O) groups excluding carboxylic acids is 1. The van der Waals surface area contributed by atoms with Crippen LogP contribution in [0, 0.1) is 10.1 Å². The molecule has 0 saturated carbocycles. The van der Waals surface area contributed by atoms with Gasteiger partial charge in [0, 0.05) is 16.0 Å². The van der Waals surface area contributed by atoms with Crippen molar-refractivity contribution in [2.75, 3.05) is 12.4 Å². The highest BCUT2D eigenvalue weighted by Crippen LogP contribution is 2.33. The van der Waals surface area contributed by atoms with Crippen LogP contribution in [0.4, 0.5) is 11.4 Å². The van der Waals surface area contributed by atoms with E-state index in [2.05, 4.69) is 10.3 Å². The molecule has 1 heterocycles. The van der Waals surface area contributed by atoms with E-state index < -0.39 is 10.8 Å². The zero-order valence-electron chi connectivity index (χ0n) is 16.6. The van der Waals surface area contributed by atoms with Crippen molar-refractivity contribution in [1.29, 1.82) is 0 Å². The monoisotopic (exact) mass is 467 g/mol. The Bertz CT molecular complexity index is 1370. The van der Waals surface area contributed by atoms with Gasteiger partial charge in [0.1, 0.15) is 11.4 Å². The average molecular weight is 468 g/mol. The Balaban J connectivity index is 1.82. The molecule has 0 fully saturated rings. The average Bonchev–Trinajstić information content (AvgIpc) is 2.78. The van der Waals surface area contributed by atoms with E-state index in [9.17, 15) is 14.9 Å². The second kappa shape index (κ2) is 8.82. The number of nitrogens with one attached hydrogen (secondary N) is 1. The van der Waals surface area contributed by atoms with Gasteiger partial charge in [-0.25, -0.2) is 4.98 Å². The van der Waals surface area contributed by atoms with Gasteiger partial charge in [-0.1, -0.05) is 41.4 Å². The predicted molar refractivity (Wildman–Crippen MR) is 125 cm³/mol. The minimum atomic E-state index is -0.582. The summed E-state index contributed by atoms with van der Waals surface area (Å²) in [5.74, 6) is -0.216. The summed E-state index contributed by atoms with van der Waals surface area (Å²) in [6, 6.07) is 17.9. The summed E-state index contributed by atoms with van der Waals surface area (Å²) in [5, 5.41) is 15.6. The van der Waals surface area contributed by atoms with Crippen LogP contribution in [-0.4, -0.2) is 22.9 Å². The summed E-state index contributed by atoms with van der Waals surface area (Å²) >= 11 is 12.3. The van der Waals surface area contributed by atoms with Crippen LogP contribution in [0.5, 0.6) is 5.75 Å². The molecule has 0 spiro atoms. The third-order valence-corrected chi connectivity index (χ3v) is 5.37. The molecule has 0 aliphatic rings. The summed E-state index contributed by atoms with van der Waals surface area (Å²) in [6.07, 6.45) is 0. The van der Waals surface area contributed by atoms with Crippen LogP contribution in [0.3, 0.4) is 0 Å². The molecule has 1 aromatic heterocycles. The SMILES string of the molecule is COc1ccc(NC(=O)c2cc(-c3ccc(Cl)cc3Cl)nc3ccccc23)c([N+](=O)[O-])c1. The van der Waals surface area contributed by atoms with E-state index in [1.165, 1.54) is 25.3 Å². The molecule has 0 aliphatic heterocycles. The number of halogens is 2. The van der Waals surface area contributed by atoms with Gasteiger partial charge in [-0.3, -0.25) is 14.9 Å². The van der Waals surface area contributed by atoms with Crippen molar-refractivity contribution in [2.45, 2.75) is 0 Å². The fourth-order valence-corrected chi connectivity index (χ4v) is 3.79. The van der Waals surface area contributed by atoms with Gasteiger partial charge in [0.05, 0.1) is 39.9 Å². The third-order valence-electron chi connectivity index (χ3n) is 4.82. The van der Waals surface area contributed by atoms with E-state index in [0.29, 0.717) is 43.5 Å². The number of ether oxygens (including phenoxy) is 1. The Hall–Kier alpha value is -3.68. The molecule has 0 atom stereocenters. The molecule has 0 aliphatic carbocycles. The van der Waals surface area contributed by atoms with Gasteiger partial charge >= 0.3 is 0 Å². The van der Waals surface area contributed by atoms with Gasteiger partial charge in [-0.15, -0.1) is 0 Å². The molecule has 1 amide bonds. The van der Waals surface area contributed by atoms with E-state index in [-0.39, 0.29) is 11.4 Å². The Morgan fingerprint density at radius 2 is 1.84 bits per heavy atom. The molecule has 0 bridgehead atoms. The van der Waals surface area contributed by atoms with Crippen LogP contribution in [0.1, 0.15) is 10.4 Å². The van der Waals surface area contributed by atoms with Crippen molar-refractivity contribution in [3.8, 4) is 17.0 Å². The van der Waals surface area contributed by atoms with Crippen LogP contribution < -0.4 is 10.1 Å². The fourth-order valence-electron chi connectivity index (χ4n) is 3.28. The normalized spacial score (nSPS) is 10.7. The molecule has 160 valence electrons. The standard InChI is InChI=1S/C23H15Cl2N3O4/c1-32-14-7-9-20(22(11-14)28(30)31)27-23(29)17-12-21(16-8-6-13(24)10-18(16)25)26-19-5-3-2-4-15(17)19/h2-12H,1H3,(H,27,29). The number of nitro groups is 1. The van der Waals surface area contributed by atoms with Crippen LogP contribution in [0.2, 0.25) is 10.0 Å². The maximum absolute atomic E-state index is 13.2. The summed E-state index contributed by atoms with van der Waals surface area (Å²) in [5.41, 5.74) is 1.71. The number of anilines is 1. The highest BCUT2D eigenvalue weighted by molar-refractivity contribution is 6.36. The highest BCUT2D eigenvalue weighted by Gasteiger charge is 2.20. The molecule has 3 aromatic carbocycles. The van der Waals surface area contributed by atoms with Gasteiger partial charge in [-0.05, 0) is 42.5 Å². The molecule has 7 nitrogen and oxygen atoms in total. The van der Waals surface area contributed by atoms with Crippen LogP contribution in [0.15, 0.2) is 66.7 Å². The van der Waals surface area contributed by atoms with Gasteiger partial charge < -0.3 is 10.1 Å². The van der Waals surface area contributed by atoms with Crippen LogP contribution >= 0.6 is 23.2 Å². The van der Waals surface area contributed by atoms with Crippen molar-refractivity contribution in [1.82, 2.24) is 4.98 Å². The van der Waals surface area contributed by atoms with Crippen molar-refractivity contribution in [3.05, 3.63) is 92.5 Å². The highest BCUT2D eigenvalue weighted by atomic mass is 35.5. The summed E-state index contributed by atoms with van der Waals surface area (Å²) in [7, 11) is 1.41. The van der Waals surface area contributed by atoms with Crippen molar-refractivity contribution >= 4 is 51.4 Å². The smallest absolute Gasteiger partial charge is 0.296 e. The molecule has 32 heavy (non-hydrogen) atoms. The molecule has 0 saturated heterocycles. The molecule has 1 N–H and O–H groups in total. The molecule has 0 unspecified atom stereocenters. The zero-order chi connectivity index (χ0) is 22.8. The number of nitrogens with zero attached hydrogens (tertiary/aromatic N) is 2. The molecule has 4 rings (SSSR count). The van der Waals surface area contributed by atoms with Crippen molar-refractivity contribution < 1.29 is 14.5 Å². The molecule has 9 heteroatoms. The Morgan fingerprint density at radius 1 is 1.06 bits per heavy atom. The number of hydrogen-bond acceptors (Lipinski definition) is 5. The predicted octanol–water partition coefficient (Wildman–Crippen LogP) is 6.38. The first-order valence-corrected chi connectivity index (χ1v) is 10.1. The lowest BCUT2D eigenvalue weighted by Crippen LogP contribution is -2.14. The number of fused-ring (bicyclic) bond motifs is 1. The Labute approximate surface area is 192 Å². The van der Waals surface area contributed by atoms with Gasteiger partial charge in [-0.2, -0.15) is 0 Å². The van der Waals surface area contributed by atoms with E-state index in [1.54, 1.807) is 48.5 Å². The fraction of sp³-hybridized carbons (Fsp3) is 0.0435. The summed E-state index contributed by atoms with van der Waals surface area (Å²) in [6.45, 7) is 0. The number of nitro benzene ring substituents is 1.